The Kier molecular flexibility index (Phi) is 6.15. The standard InChI is InChI=1S/C50H33N/c1-2-13-32(14-3-1)34-15-12-16-35(31-34)38-30-29-37(49-47-41-19-4-6-21-43(41)48(50(38)49)44-22-7-5-20-42(44)47)33-25-27-36(28-26-33)51-45-23-10-8-17-39(45)40-18-9-11-24-46(40)51/h1-31,47-48H. The number of aromatic nitrogens is 1. The minimum absolute atomic E-state index is 0.168. The second-order valence-electron chi connectivity index (χ2n) is 14.0. The summed E-state index contributed by atoms with van der Waals surface area (Å²) in [6.45, 7) is 0. The van der Waals surface area contributed by atoms with E-state index in [4.69, 9.17) is 0 Å². The Balaban J connectivity index is 1.13. The van der Waals surface area contributed by atoms with E-state index in [1.165, 1.54) is 94.3 Å². The quantitative estimate of drug-likeness (QED) is 0.179. The van der Waals surface area contributed by atoms with E-state index in [-0.39, 0.29) is 11.8 Å². The van der Waals surface area contributed by atoms with Gasteiger partial charge < -0.3 is 4.57 Å². The molecule has 1 nitrogen and oxygen atoms in total. The smallest absolute Gasteiger partial charge is 0.0541 e. The number of hydrogen-bond acceptors (Lipinski definition) is 0. The van der Waals surface area contributed by atoms with Crippen LogP contribution in [0.15, 0.2) is 188 Å². The third-order valence-corrected chi connectivity index (χ3v) is 11.4. The summed E-state index contributed by atoms with van der Waals surface area (Å²) in [5.41, 5.74) is 19.9. The van der Waals surface area contributed by atoms with Gasteiger partial charge in [0.25, 0.3) is 0 Å². The van der Waals surface area contributed by atoms with Crippen molar-refractivity contribution in [3.05, 3.63) is 221 Å². The summed E-state index contributed by atoms with van der Waals surface area (Å²) in [5.74, 6) is 0.339. The normalized spacial score (nSPS) is 15.5. The molecular formula is C50H33N. The zero-order valence-electron chi connectivity index (χ0n) is 28.0. The van der Waals surface area contributed by atoms with Gasteiger partial charge in [-0.15, -0.1) is 0 Å². The SMILES string of the molecule is c1ccc(-c2cccc(-c3ccc(-c4ccc(-n5c6ccccc6c6ccccc65)cc4)c4c3C3c5ccccc5C4c4ccccc43)c2)cc1. The van der Waals surface area contributed by atoms with E-state index >= 15 is 0 Å². The van der Waals surface area contributed by atoms with E-state index in [9.17, 15) is 0 Å². The molecular weight excluding hydrogens is 615 g/mol. The first-order valence-corrected chi connectivity index (χ1v) is 17.9. The first-order valence-electron chi connectivity index (χ1n) is 17.9. The monoisotopic (exact) mass is 647 g/mol. The maximum absolute atomic E-state index is 2.40. The minimum atomic E-state index is 0.168. The summed E-state index contributed by atoms with van der Waals surface area (Å²) in [5, 5.41) is 2.57. The van der Waals surface area contributed by atoms with Crippen molar-refractivity contribution in [2.75, 3.05) is 0 Å². The van der Waals surface area contributed by atoms with Crippen molar-refractivity contribution in [1.29, 1.82) is 0 Å². The topological polar surface area (TPSA) is 4.93 Å². The molecule has 0 spiro atoms. The molecule has 0 unspecified atom stereocenters. The lowest BCUT2D eigenvalue weighted by Crippen LogP contribution is -2.28. The van der Waals surface area contributed by atoms with Crippen LogP contribution >= 0.6 is 0 Å². The van der Waals surface area contributed by atoms with Gasteiger partial charge in [0.05, 0.1) is 11.0 Å². The van der Waals surface area contributed by atoms with Crippen molar-refractivity contribution in [1.82, 2.24) is 4.57 Å². The lowest BCUT2D eigenvalue weighted by molar-refractivity contribution is 0.757. The van der Waals surface area contributed by atoms with Crippen molar-refractivity contribution in [2.24, 2.45) is 0 Å². The number of hydrogen-bond donors (Lipinski definition) is 0. The summed E-state index contributed by atoms with van der Waals surface area (Å²) in [4.78, 5) is 0. The molecule has 0 radical (unpaired) electrons. The average Bonchev–Trinajstić information content (AvgIpc) is 3.55. The predicted octanol–water partition coefficient (Wildman–Crippen LogP) is 12.8. The second kappa shape index (κ2) is 11.0. The molecule has 8 aromatic carbocycles. The van der Waals surface area contributed by atoms with Gasteiger partial charge in [0.2, 0.25) is 0 Å². The van der Waals surface area contributed by atoms with Crippen LogP contribution < -0.4 is 0 Å². The van der Waals surface area contributed by atoms with E-state index in [2.05, 4.69) is 193 Å². The maximum Gasteiger partial charge on any atom is 0.0541 e. The molecule has 0 aliphatic heterocycles. The fourth-order valence-corrected chi connectivity index (χ4v) is 9.28. The molecule has 2 bridgehead atoms. The molecule has 51 heavy (non-hydrogen) atoms. The maximum atomic E-state index is 2.40. The molecule has 0 saturated heterocycles. The van der Waals surface area contributed by atoms with Gasteiger partial charge in [-0.2, -0.15) is 0 Å². The molecule has 9 aromatic rings. The summed E-state index contributed by atoms with van der Waals surface area (Å²) >= 11 is 0. The molecule has 1 heterocycles. The average molecular weight is 648 g/mol. The van der Waals surface area contributed by atoms with Crippen LogP contribution in [0.2, 0.25) is 0 Å². The van der Waals surface area contributed by atoms with Gasteiger partial charge in [-0.05, 0) is 97.1 Å². The molecule has 238 valence electrons. The molecule has 0 saturated carbocycles. The van der Waals surface area contributed by atoms with Crippen molar-refractivity contribution >= 4 is 21.8 Å². The molecule has 1 heteroatoms. The fourth-order valence-electron chi connectivity index (χ4n) is 9.28. The summed E-state index contributed by atoms with van der Waals surface area (Å²) in [7, 11) is 0. The van der Waals surface area contributed by atoms with E-state index in [1.54, 1.807) is 0 Å². The summed E-state index contributed by atoms with van der Waals surface area (Å²) in [6, 6.07) is 69.7. The van der Waals surface area contributed by atoms with E-state index < -0.39 is 0 Å². The van der Waals surface area contributed by atoms with Crippen LogP contribution in [0.1, 0.15) is 45.2 Å². The largest absolute Gasteiger partial charge is 0.309 e. The highest BCUT2D eigenvalue weighted by Gasteiger charge is 2.43. The highest BCUT2D eigenvalue weighted by molar-refractivity contribution is 6.09. The lowest BCUT2D eigenvalue weighted by Gasteiger charge is -2.44. The summed E-state index contributed by atoms with van der Waals surface area (Å²) in [6.07, 6.45) is 0. The van der Waals surface area contributed by atoms with Crippen molar-refractivity contribution in [3.63, 3.8) is 0 Å². The Bertz CT molecular complexity index is 2700. The van der Waals surface area contributed by atoms with Crippen LogP contribution in [0.5, 0.6) is 0 Å². The Hall–Kier alpha value is -6.44. The molecule has 0 amide bonds. The highest BCUT2D eigenvalue weighted by atomic mass is 15.0. The second-order valence-corrected chi connectivity index (χ2v) is 14.0. The number of fused-ring (bicyclic) bond motifs is 3. The van der Waals surface area contributed by atoms with Crippen molar-refractivity contribution in [3.8, 4) is 39.1 Å². The van der Waals surface area contributed by atoms with E-state index in [1.807, 2.05) is 0 Å². The molecule has 12 rings (SSSR count). The first-order chi connectivity index (χ1) is 25.3. The van der Waals surface area contributed by atoms with Crippen LogP contribution in [-0.2, 0) is 0 Å². The van der Waals surface area contributed by atoms with Crippen LogP contribution in [0.4, 0.5) is 0 Å². The number of nitrogens with zero attached hydrogens (tertiary/aromatic N) is 1. The highest BCUT2D eigenvalue weighted by Crippen LogP contribution is 2.59. The number of para-hydroxylation sites is 2. The van der Waals surface area contributed by atoms with Gasteiger partial charge in [0, 0.05) is 28.3 Å². The van der Waals surface area contributed by atoms with E-state index in [0.717, 1.165) is 0 Å². The molecule has 0 atom stereocenters. The lowest BCUT2D eigenvalue weighted by atomic mass is 9.58. The Morgan fingerprint density at radius 2 is 0.765 bits per heavy atom. The van der Waals surface area contributed by atoms with Gasteiger partial charge in [-0.3, -0.25) is 0 Å². The van der Waals surface area contributed by atoms with Gasteiger partial charge in [0.15, 0.2) is 0 Å². The molecule has 3 aliphatic rings. The third kappa shape index (κ3) is 4.16. The van der Waals surface area contributed by atoms with Gasteiger partial charge >= 0.3 is 0 Å². The number of benzene rings is 8. The fraction of sp³-hybridized carbons (Fsp3) is 0.0400. The van der Waals surface area contributed by atoms with Crippen LogP contribution in [0.3, 0.4) is 0 Å². The van der Waals surface area contributed by atoms with Gasteiger partial charge in [-0.25, -0.2) is 0 Å². The first kappa shape index (κ1) is 28.4. The Labute approximate surface area is 297 Å². The Morgan fingerprint density at radius 1 is 0.314 bits per heavy atom. The molecule has 1 aromatic heterocycles. The predicted molar refractivity (Wildman–Crippen MR) is 212 cm³/mol. The Morgan fingerprint density at radius 3 is 1.33 bits per heavy atom. The zero-order chi connectivity index (χ0) is 33.5. The summed E-state index contributed by atoms with van der Waals surface area (Å²) < 4.78 is 2.40. The van der Waals surface area contributed by atoms with Crippen molar-refractivity contribution in [2.45, 2.75) is 11.8 Å². The molecule has 0 N–H and O–H groups in total. The third-order valence-electron chi connectivity index (χ3n) is 11.4. The molecule has 0 fully saturated rings. The van der Waals surface area contributed by atoms with Crippen LogP contribution in [-0.4, -0.2) is 4.57 Å². The van der Waals surface area contributed by atoms with Gasteiger partial charge in [-0.1, -0.05) is 158 Å². The van der Waals surface area contributed by atoms with Crippen LogP contribution in [0.25, 0.3) is 60.9 Å². The number of rotatable bonds is 4. The zero-order valence-corrected chi connectivity index (χ0v) is 28.0. The minimum Gasteiger partial charge on any atom is -0.309 e. The van der Waals surface area contributed by atoms with E-state index in [0.29, 0.717) is 0 Å². The van der Waals surface area contributed by atoms with Crippen LogP contribution in [0, 0.1) is 0 Å². The molecule has 3 aliphatic carbocycles. The van der Waals surface area contributed by atoms with Gasteiger partial charge in [0.1, 0.15) is 0 Å². The van der Waals surface area contributed by atoms with Crippen molar-refractivity contribution < 1.29 is 0 Å².